The average molecular weight is 429 g/mol. The van der Waals surface area contributed by atoms with Gasteiger partial charge in [0.05, 0.1) is 32.7 Å². The monoisotopic (exact) mass is 428 g/mol. The van der Waals surface area contributed by atoms with Crippen LogP contribution in [0.4, 0.5) is 5.69 Å². The van der Waals surface area contributed by atoms with Gasteiger partial charge in [0.1, 0.15) is 5.75 Å². The van der Waals surface area contributed by atoms with Crippen molar-refractivity contribution in [3.63, 3.8) is 0 Å². The second-order valence-corrected chi connectivity index (χ2v) is 8.06. The third-order valence-corrected chi connectivity index (χ3v) is 6.04. The molecule has 1 aliphatic heterocycles. The van der Waals surface area contributed by atoms with Crippen LogP contribution in [0.3, 0.4) is 0 Å². The molecule has 162 valence electrons. The summed E-state index contributed by atoms with van der Waals surface area (Å²) >= 11 is 0. The van der Waals surface area contributed by atoms with E-state index in [1.165, 1.54) is 4.90 Å². The molecule has 0 radical (unpaired) electrons. The van der Waals surface area contributed by atoms with Crippen LogP contribution in [0.25, 0.3) is 0 Å². The van der Waals surface area contributed by atoms with E-state index in [9.17, 15) is 5.11 Å². The number of phenolic OH excluding ortho intramolecular Hbond substituents is 1. The highest BCUT2D eigenvalue weighted by Gasteiger charge is 2.34. The number of rotatable bonds is 6. The van der Waals surface area contributed by atoms with Crippen LogP contribution in [-0.2, 0) is 6.54 Å². The number of nitrogens with zero attached hydrogens (tertiary/aromatic N) is 6. The number of hydrogen-bond donors (Lipinski definition) is 2. The second-order valence-electron chi connectivity index (χ2n) is 8.06. The van der Waals surface area contributed by atoms with Gasteiger partial charge in [-0.25, -0.2) is 4.68 Å². The van der Waals surface area contributed by atoms with Crippen LogP contribution in [-0.4, -0.2) is 56.5 Å². The molecule has 1 aliphatic rings. The first-order valence-corrected chi connectivity index (χ1v) is 10.9. The van der Waals surface area contributed by atoms with Crippen molar-refractivity contribution >= 4 is 5.69 Å². The molecule has 2 N–H and O–H groups in total. The van der Waals surface area contributed by atoms with Gasteiger partial charge in [-0.1, -0.05) is 30.3 Å². The summed E-state index contributed by atoms with van der Waals surface area (Å²) in [6.07, 6.45) is 3.72. The maximum absolute atomic E-state index is 9.58. The number of aromatic hydroxyl groups is 1. The van der Waals surface area contributed by atoms with E-state index in [4.69, 9.17) is 0 Å². The summed E-state index contributed by atoms with van der Waals surface area (Å²) in [4.78, 5) is 8.14. The van der Waals surface area contributed by atoms with E-state index in [-0.39, 0.29) is 6.04 Å². The van der Waals surface area contributed by atoms with E-state index in [0.29, 0.717) is 12.3 Å². The Morgan fingerprint density at radius 3 is 2.44 bits per heavy atom. The molecule has 8 heteroatoms. The Bertz CT molecular complexity index is 1120. The highest BCUT2D eigenvalue weighted by molar-refractivity contribution is 5.48. The summed E-state index contributed by atoms with van der Waals surface area (Å²) in [5, 5.41) is 22.4. The Hall–Kier alpha value is -3.78. The fourth-order valence-electron chi connectivity index (χ4n) is 4.41. The molecule has 2 aromatic heterocycles. The fraction of sp³-hybridized carbons (Fsp3) is 0.250. The molecule has 8 nitrogen and oxygen atoms in total. The van der Waals surface area contributed by atoms with Crippen molar-refractivity contribution in [2.24, 2.45) is 0 Å². The summed E-state index contributed by atoms with van der Waals surface area (Å²) in [5.74, 6) is 1.15. The first-order chi connectivity index (χ1) is 15.8. The van der Waals surface area contributed by atoms with Crippen molar-refractivity contribution in [1.29, 1.82) is 0 Å². The first-order valence-electron chi connectivity index (χ1n) is 10.9. The van der Waals surface area contributed by atoms with Gasteiger partial charge < -0.3 is 14.9 Å². The molecule has 0 spiro atoms. The fourth-order valence-corrected chi connectivity index (χ4v) is 4.41. The quantitative estimate of drug-likeness (QED) is 0.482. The van der Waals surface area contributed by atoms with Gasteiger partial charge in [0.25, 0.3) is 0 Å². The Kier molecular flexibility index (Phi) is 5.76. The smallest absolute Gasteiger partial charge is 0.214 e. The van der Waals surface area contributed by atoms with Crippen molar-refractivity contribution in [3.05, 3.63) is 96.1 Å². The van der Waals surface area contributed by atoms with Gasteiger partial charge in [-0.05, 0) is 52.4 Å². The van der Waals surface area contributed by atoms with Gasteiger partial charge in [-0.2, -0.15) is 0 Å². The molecule has 0 bridgehead atoms. The van der Waals surface area contributed by atoms with Gasteiger partial charge in [0.15, 0.2) is 6.04 Å². The van der Waals surface area contributed by atoms with Crippen LogP contribution in [0, 0.1) is 0 Å². The maximum atomic E-state index is 9.58. The zero-order valence-corrected chi connectivity index (χ0v) is 17.7. The third-order valence-electron chi connectivity index (χ3n) is 6.04. The van der Waals surface area contributed by atoms with Crippen LogP contribution in [0.5, 0.6) is 5.75 Å². The highest BCUT2D eigenvalue weighted by atomic mass is 16.3. The number of aromatic nitrogens is 5. The molecule has 1 fully saturated rings. The van der Waals surface area contributed by atoms with E-state index in [0.717, 1.165) is 48.8 Å². The molecule has 2 aromatic carbocycles. The molecule has 0 aliphatic carbocycles. The zero-order valence-electron chi connectivity index (χ0n) is 17.7. The van der Waals surface area contributed by atoms with Gasteiger partial charge in [-0.3, -0.25) is 4.98 Å². The minimum atomic E-state index is 0.00406. The van der Waals surface area contributed by atoms with Crippen LogP contribution in [0.1, 0.15) is 23.0 Å². The molecule has 32 heavy (non-hydrogen) atoms. The summed E-state index contributed by atoms with van der Waals surface area (Å²) < 4.78 is 1.91. The number of piperazine rings is 1. The molecule has 1 saturated heterocycles. The summed E-state index contributed by atoms with van der Waals surface area (Å²) in [5.41, 5.74) is 3.41. The van der Waals surface area contributed by atoms with Crippen molar-refractivity contribution in [2.75, 3.05) is 31.1 Å². The minimum Gasteiger partial charge on any atom is -0.508 e. The number of nitrogens with one attached hydrogen (secondary N) is 1. The van der Waals surface area contributed by atoms with E-state index >= 15 is 0 Å². The van der Waals surface area contributed by atoms with E-state index in [1.807, 2.05) is 47.3 Å². The summed E-state index contributed by atoms with van der Waals surface area (Å²) in [6.45, 7) is 4.35. The molecule has 0 amide bonds. The molecule has 0 saturated carbocycles. The van der Waals surface area contributed by atoms with Gasteiger partial charge in [0.2, 0.25) is 5.82 Å². The molecular weight excluding hydrogens is 402 g/mol. The SMILES string of the molecule is Oc1ccc(N2CC[NH+]([C@H](c3cccnc3)c3nnnn3Cc3ccccc3)CC2)cc1. The molecule has 1 atom stereocenters. The Morgan fingerprint density at radius 2 is 1.72 bits per heavy atom. The van der Waals surface area contributed by atoms with Crippen molar-refractivity contribution in [2.45, 2.75) is 12.6 Å². The van der Waals surface area contributed by atoms with Gasteiger partial charge in [0, 0.05) is 23.6 Å². The lowest BCUT2D eigenvalue weighted by molar-refractivity contribution is -0.927. The van der Waals surface area contributed by atoms with Gasteiger partial charge >= 0.3 is 0 Å². The second kappa shape index (κ2) is 9.15. The van der Waals surface area contributed by atoms with Crippen LogP contribution >= 0.6 is 0 Å². The number of benzene rings is 2. The van der Waals surface area contributed by atoms with E-state index in [1.54, 1.807) is 18.3 Å². The molecule has 4 aromatic rings. The van der Waals surface area contributed by atoms with Crippen LogP contribution in [0.15, 0.2) is 79.1 Å². The standard InChI is InChI=1S/C24H25N7O/c32-22-10-8-21(9-11-22)29-13-15-30(16-14-29)23(20-7-4-12-25-17-20)24-26-27-28-31(24)18-19-5-2-1-3-6-19/h1-12,17,23,32H,13-16,18H2/p+1/t23-/m1/s1. The Labute approximate surface area is 186 Å². The minimum absolute atomic E-state index is 0.00406. The lowest BCUT2D eigenvalue weighted by atomic mass is 10.0. The number of tetrazole rings is 1. The highest BCUT2D eigenvalue weighted by Crippen LogP contribution is 2.20. The average Bonchev–Trinajstić information content (AvgIpc) is 3.29. The maximum Gasteiger partial charge on any atom is 0.214 e. The summed E-state index contributed by atoms with van der Waals surface area (Å²) in [7, 11) is 0. The lowest BCUT2D eigenvalue weighted by Crippen LogP contribution is -3.15. The third kappa shape index (κ3) is 4.31. The van der Waals surface area contributed by atoms with E-state index in [2.05, 4.69) is 43.6 Å². The summed E-state index contributed by atoms with van der Waals surface area (Å²) in [6, 6.07) is 21.8. The predicted molar refractivity (Wildman–Crippen MR) is 120 cm³/mol. The lowest BCUT2D eigenvalue weighted by Gasteiger charge is -2.37. The number of hydrogen-bond acceptors (Lipinski definition) is 6. The molecule has 5 rings (SSSR count). The largest absolute Gasteiger partial charge is 0.508 e. The first kappa shape index (κ1) is 20.1. The zero-order chi connectivity index (χ0) is 21.8. The van der Waals surface area contributed by atoms with E-state index < -0.39 is 0 Å². The number of anilines is 1. The van der Waals surface area contributed by atoms with Crippen molar-refractivity contribution < 1.29 is 10.0 Å². The molecule has 0 unspecified atom stereocenters. The van der Waals surface area contributed by atoms with Crippen LogP contribution < -0.4 is 9.80 Å². The molecule has 3 heterocycles. The molecular formula is C24H26N7O+. The number of phenols is 1. The van der Waals surface area contributed by atoms with Crippen LogP contribution in [0.2, 0.25) is 0 Å². The predicted octanol–water partition coefficient (Wildman–Crippen LogP) is 1.32. The van der Waals surface area contributed by atoms with Crippen molar-refractivity contribution in [3.8, 4) is 5.75 Å². The van der Waals surface area contributed by atoms with Crippen molar-refractivity contribution in [1.82, 2.24) is 25.2 Å². The Morgan fingerprint density at radius 1 is 0.938 bits per heavy atom. The number of quaternary nitrogens is 1. The topological polar surface area (TPSA) is 84.4 Å². The number of pyridine rings is 1. The Balaban J connectivity index is 1.40. The normalized spacial score (nSPS) is 15.6. The van der Waals surface area contributed by atoms with Gasteiger partial charge in [-0.15, -0.1) is 5.10 Å².